The molecule has 1 saturated heterocycles. The Kier molecular flexibility index (Phi) is 4.71. The van der Waals surface area contributed by atoms with Gasteiger partial charge in [-0.15, -0.1) is 22.9 Å². The average Bonchev–Trinajstić information content (AvgIpc) is 2.65. The number of halogens is 2. The summed E-state index contributed by atoms with van der Waals surface area (Å²) in [6.45, 7) is 5.58. The van der Waals surface area contributed by atoms with Gasteiger partial charge in [0.2, 0.25) is 0 Å². The molecule has 0 saturated carbocycles. The topological polar surface area (TPSA) is 3.24 Å². The molecule has 0 spiro atoms. The molecule has 0 bridgehead atoms. The van der Waals surface area contributed by atoms with Crippen molar-refractivity contribution in [1.29, 1.82) is 0 Å². The number of rotatable bonds is 3. The molecule has 1 atom stereocenters. The Bertz CT molecular complexity index is 332. The van der Waals surface area contributed by atoms with Gasteiger partial charge in [0.15, 0.2) is 0 Å². The number of alkyl halides is 1. The van der Waals surface area contributed by atoms with Crippen molar-refractivity contribution in [2.45, 2.75) is 31.7 Å². The highest BCUT2D eigenvalue weighted by molar-refractivity contribution is 9.10. The number of likely N-dealkylation sites (tertiary alicyclic amines) is 1. The van der Waals surface area contributed by atoms with E-state index in [0.29, 0.717) is 11.3 Å². The maximum Gasteiger partial charge on any atom is 0.0339 e. The smallest absolute Gasteiger partial charge is 0.0339 e. The van der Waals surface area contributed by atoms with Gasteiger partial charge >= 0.3 is 0 Å². The quantitative estimate of drug-likeness (QED) is 0.748. The molecule has 1 nitrogen and oxygen atoms in total. The third-order valence-electron chi connectivity index (χ3n) is 3.34. The van der Waals surface area contributed by atoms with E-state index in [1.54, 1.807) is 0 Å². The molecule has 1 aliphatic heterocycles. The van der Waals surface area contributed by atoms with Crippen molar-refractivity contribution in [3.05, 3.63) is 20.8 Å². The first-order valence-corrected chi connectivity index (χ1v) is 7.86. The van der Waals surface area contributed by atoms with Gasteiger partial charge in [-0.1, -0.05) is 0 Å². The summed E-state index contributed by atoms with van der Waals surface area (Å²) in [6.07, 6.45) is 2.49. The second-order valence-electron chi connectivity index (χ2n) is 4.48. The number of thiophene rings is 1. The molecule has 2 heterocycles. The van der Waals surface area contributed by atoms with Crippen LogP contribution in [0.2, 0.25) is 0 Å². The minimum atomic E-state index is 0.329. The molecule has 1 aromatic heterocycles. The molecule has 1 aromatic rings. The van der Waals surface area contributed by atoms with Crippen molar-refractivity contribution in [3.8, 4) is 0 Å². The highest BCUT2D eigenvalue weighted by Gasteiger charge is 2.23. The van der Waals surface area contributed by atoms with E-state index in [1.807, 2.05) is 11.3 Å². The zero-order chi connectivity index (χ0) is 11.5. The van der Waals surface area contributed by atoms with Crippen molar-refractivity contribution in [1.82, 2.24) is 4.90 Å². The lowest BCUT2D eigenvalue weighted by molar-refractivity contribution is 0.177. The Morgan fingerprint density at radius 3 is 2.75 bits per heavy atom. The summed E-state index contributed by atoms with van der Waals surface area (Å²) < 4.78 is 1.25. The van der Waals surface area contributed by atoms with Crippen LogP contribution >= 0.6 is 38.9 Å². The van der Waals surface area contributed by atoms with Crippen LogP contribution in [-0.4, -0.2) is 23.4 Å². The molecule has 0 radical (unpaired) electrons. The summed E-state index contributed by atoms with van der Waals surface area (Å²) in [5.74, 6) is 0.713. The van der Waals surface area contributed by atoms with Gasteiger partial charge in [-0.2, -0.15) is 0 Å². The molecule has 1 fully saturated rings. The molecular formula is C12H17BrClNS. The molecule has 1 unspecified atom stereocenters. The number of hydrogen-bond donors (Lipinski definition) is 0. The minimum absolute atomic E-state index is 0.329. The molecule has 4 heteroatoms. The minimum Gasteiger partial charge on any atom is -0.298 e. The van der Waals surface area contributed by atoms with Crippen LogP contribution in [0.1, 0.15) is 24.6 Å². The SMILES string of the molecule is CC(Cl)C1CCN(Cc2sccc2Br)CC1. The first-order chi connectivity index (χ1) is 7.66. The third kappa shape index (κ3) is 3.22. The van der Waals surface area contributed by atoms with Crippen LogP contribution in [0.5, 0.6) is 0 Å². The van der Waals surface area contributed by atoms with E-state index in [4.69, 9.17) is 11.6 Å². The summed E-state index contributed by atoms with van der Waals surface area (Å²) in [7, 11) is 0. The van der Waals surface area contributed by atoms with Crippen LogP contribution in [0.15, 0.2) is 15.9 Å². The van der Waals surface area contributed by atoms with Crippen molar-refractivity contribution < 1.29 is 0 Å². The lowest BCUT2D eigenvalue weighted by Crippen LogP contribution is -2.35. The number of hydrogen-bond acceptors (Lipinski definition) is 2. The van der Waals surface area contributed by atoms with Crippen molar-refractivity contribution >= 4 is 38.9 Å². The van der Waals surface area contributed by atoms with E-state index in [-0.39, 0.29) is 0 Å². The van der Waals surface area contributed by atoms with Crippen LogP contribution in [0.3, 0.4) is 0 Å². The molecule has 90 valence electrons. The van der Waals surface area contributed by atoms with E-state index in [0.717, 1.165) is 6.54 Å². The Hall–Kier alpha value is 0.430. The van der Waals surface area contributed by atoms with Crippen molar-refractivity contribution in [2.75, 3.05) is 13.1 Å². The predicted octanol–water partition coefficient (Wildman–Crippen LogP) is 4.35. The van der Waals surface area contributed by atoms with Gasteiger partial charge in [0, 0.05) is 21.3 Å². The summed E-state index contributed by atoms with van der Waals surface area (Å²) in [6, 6.07) is 2.13. The molecule has 0 amide bonds. The summed E-state index contributed by atoms with van der Waals surface area (Å²) in [5.41, 5.74) is 0. The highest BCUT2D eigenvalue weighted by Crippen LogP contribution is 2.28. The lowest BCUT2D eigenvalue weighted by atomic mass is 9.94. The highest BCUT2D eigenvalue weighted by atomic mass is 79.9. The lowest BCUT2D eigenvalue weighted by Gasteiger charge is -2.32. The van der Waals surface area contributed by atoms with E-state index >= 15 is 0 Å². The maximum absolute atomic E-state index is 6.15. The zero-order valence-electron chi connectivity index (χ0n) is 9.46. The standard InChI is InChI=1S/C12H17BrClNS/c1-9(14)10-2-5-15(6-3-10)8-12-11(13)4-7-16-12/h4,7,9-10H,2-3,5-6,8H2,1H3. The largest absolute Gasteiger partial charge is 0.298 e. The fourth-order valence-corrected chi connectivity index (χ4v) is 3.98. The molecule has 0 aromatic carbocycles. The maximum atomic E-state index is 6.15. The normalized spacial score (nSPS) is 21.2. The monoisotopic (exact) mass is 321 g/mol. The molecular weight excluding hydrogens is 306 g/mol. The number of piperidine rings is 1. The van der Waals surface area contributed by atoms with E-state index in [2.05, 4.69) is 39.2 Å². The Morgan fingerprint density at radius 2 is 2.25 bits per heavy atom. The van der Waals surface area contributed by atoms with E-state index in [9.17, 15) is 0 Å². The van der Waals surface area contributed by atoms with Gasteiger partial charge in [-0.05, 0) is 66.1 Å². The fourth-order valence-electron chi connectivity index (χ4n) is 2.21. The van der Waals surface area contributed by atoms with Gasteiger partial charge in [0.25, 0.3) is 0 Å². The Morgan fingerprint density at radius 1 is 1.56 bits per heavy atom. The van der Waals surface area contributed by atoms with E-state index in [1.165, 1.54) is 35.3 Å². The number of nitrogens with zero attached hydrogens (tertiary/aromatic N) is 1. The van der Waals surface area contributed by atoms with Crippen LogP contribution in [-0.2, 0) is 6.54 Å². The molecule has 2 rings (SSSR count). The average molecular weight is 323 g/mol. The van der Waals surface area contributed by atoms with Crippen molar-refractivity contribution in [3.63, 3.8) is 0 Å². The van der Waals surface area contributed by atoms with Crippen LogP contribution in [0, 0.1) is 5.92 Å². The summed E-state index contributed by atoms with van der Waals surface area (Å²) in [4.78, 5) is 3.98. The molecule has 16 heavy (non-hydrogen) atoms. The molecule has 1 aliphatic rings. The first-order valence-electron chi connectivity index (χ1n) is 5.75. The Balaban J connectivity index is 1.84. The first kappa shape index (κ1) is 12.9. The van der Waals surface area contributed by atoms with Gasteiger partial charge in [-0.3, -0.25) is 4.90 Å². The predicted molar refractivity (Wildman–Crippen MR) is 75.3 cm³/mol. The second kappa shape index (κ2) is 5.85. The van der Waals surface area contributed by atoms with E-state index < -0.39 is 0 Å². The zero-order valence-corrected chi connectivity index (χ0v) is 12.6. The van der Waals surface area contributed by atoms with Gasteiger partial charge in [0.05, 0.1) is 0 Å². The summed E-state index contributed by atoms with van der Waals surface area (Å²) >= 11 is 11.6. The van der Waals surface area contributed by atoms with Gasteiger partial charge < -0.3 is 0 Å². The molecule has 0 aliphatic carbocycles. The Labute approximate surface area is 115 Å². The van der Waals surface area contributed by atoms with Gasteiger partial charge in [0.1, 0.15) is 0 Å². The fraction of sp³-hybridized carbons (Fsp3) is 0.667. The van der Waals surface area contributed by atoms with Crippen molar-refractivity contribution in [2.24, 2.45) is 5.92 Å². The summed E-state index contributed by atoms with van der Waals surface area (Å²) in [5, 5.41) is 2.48. The van der Waals surface area contributed by atoms with Crippen LogP contribution in [0.4, 0.5) is 0 Å². The second-order valence-corrected chi connectivity index (χ2v) is 7.03. The third-order valence-corrected chi connectivity index (χ3v) is 5.61. The van der Waals surface area contributed by atoms with Gasteiger partial charge in [-0.25, -0.2) is 0 Å². The molecule has 0 N–H and O–H groups in total. The van der Waals surface area contributed by atoms with Crippen LogP contribution in [0.25, 0.3) is 0 Å². The van der Waals surface area contributed by atoms with Crippen LogP contribution < -0.4 is 0 Å².